The Morgan fingerprint density at radius 2 is 1.57 bits per heavy atom. The Morgan fingerprint density at radius 1 is 0.838 bits per heavy atom. The van der Waals surface area contributed by atoms with E-state index in [1.807, 2.05) is 31.3 Å². The van der Waals surface area contributed by atoms with Crippen molar-refractivity contribution in [2.75, 3.05) is 33.4 Å². The molecule has 37 heavy (non-hydrogen) atoms. The van der Waals surface area contributed by atoms with Crippen LogP contribution in [-0.4, -0.2) is 64.5 Å². The lowest BCUT2D eigenvalue weighted by atomic mass is 10.1. The molecule has 0 bridgehead atoms. The van der Waals surface area contributed by atoms with Crippen LogP contribution < -0.4 is 11.2 Å². The van der Waals surface area contributed by atoms with Gasteiger partial charge in [-0.1, -0.05) is 37.1 Å². The van der Waals surface area contributed by atoms with E-state index in [1.165, 1.54) is 21.7 Å². The number of nitrogens with one attached hydrogen (secondary N) is 1. The number of aromatic amines is 1. The lowest BCUT2D eigenvalue weighted by Gasteiger charge is -2.17. The SMILES string of the molecule is CN(CCOCCCCCCN1C(=O)c2ccccc2C1=O)Cc1cccc(-n2ccc(=O)[nH]c2=O)c1. The summed E-state index contributed by atoms with van der Waals surface area (Å²) in [6, 6.07) is 15.9. The number of carbonyl (C=O) groups excluding carboxylic acids is 2. The lowest BCUT2D eigenvalue weighted by Crippen LogP contribution is -2.30. The number of hydrogen-bond acceptors (Lipinski definition) is 6. The van der Waals surface area contributed by atoms with Crippen molar-refractivity contribution < 1.29 is 14.3 Å². The van der Waals surface area contributed by atoms with Crippen molar-refractivity contribution in [1.29, 1.82) is 0 Å². The van der Waals surface area contributed by atoms with Gasteiger partial charge in [-0.15, -0.1) is 0 Å². The number of amides is 2. The van der Waals surface area contributed by atoms with Crippen molar-refractivity contribution in [1.82, 2.24) is 19.4 Å². The fourth-order valence-corrected chi connectivity index (χ4v) is 4.41. The first-order chi connectivity index (χ1) is 17.9. The number of imide groups is 1. The van der Waals surface area contributed by atoms with Gasteiger partial charge in [0.05, 0.1) is 23.4 Å². The van der Waals surface area contributed by atoms with Gasteiger partial charge in [-0.05, 0) is 49.7 Å². The monoisotopic (exact) mass is 504 g/mol. The van der Waals surface area contributed by atoms with Crippen LogP contribution in [0.5, 0.6) is 0 Å². The van der Waals surface area contributed by atoms with Crippen LogP contribution >= 0.6 is 0 Å². The van der Waals surface area contributed by atoms with Crippen LogP contribution in [0.4, 0.5) is 0 Å². The predicted octanol–water partition coefficient (Wildman–Crippen LogP) is 2.83. The second-order valence-electron chi connectivity index (χ2n) is 9.22. The zero-order valence-electron chi connectivity index (χ0n) is 21.0. The normalized spacial score (nSPS) is 13.0. The average Bonchev–Trinajstić information content (AvgIpc) is 3.12. The van der Waals surface area contributed by atoms with Gasteiger partial charge in [-0.25, -0.2) is 4.79 Å². The minimum atomic E-state index is -0.463. The molecule has 4 rings (SSSR count). The van der Waals surface area contributed by atoms with Gasteiger partial charge in [0.15, 0.2) is 0 Å². The van der Waals surface area contributed by atoms with Crippen molar-refractivity contribution >= 4 is 11.8 Å². The summed E-state index contributed by atoms with van der Waals surface area (Å²) in [6.07, 6.45) is 5.12. The maximum atomic E-state index is 12.4. The highest BCUT2D eigenvalue weighted by atomic mass is 16.5. The van der Waals surface area contributed by atoms with Crippen LogP contribution in [0.3, 0.4) is 0 Å². The standard InChI is InChI=1S/C28H32N4O5/c1-30(20-21-9-8-10-22(19-21)31-15-13-25(33)29-28(31)36)16-18-37-17-7-3-2-6-14-32-26(34)23-11-4-5-12-24(23)27(32)35/h4-5,8-13,15,19H,2-3,6-7,14,16-18,20H2,1H3,(H,29,33,36). The Labute approximate surface area is 215 Å². The third-order valence-electron chi connectivity index (χ3n) is 6.38. The predicted molar refractivity (Wildman–Crippen MR) is 140 cm³/mol. The molecule has 9 heteroatoms. The molecular formula is C28H32N4O5. The Kier molecular flexibility index (Phi) is 8.81. The van der Waals surface area contributed by atoms with Crippen molar-refractivity contribution in [3.05, 3.63) is 98.3 Å². The van der Waals surface area contributed by atoms with Gasteiger partial charge >= 0.3 is 5.69 Å². The van der Waals surface area contributed by atoms with Crippen molar-refractivity contribution in [3.63, 3.8) is 0 Å². The molecule has 0 fully saturated rings. The van der Waals surface area contributed by atoms with E-state index >= 15 is 0 Å². The number of benzene rings is 2. The number of fused-ring (bicyclic) bond motifs is 1. The molecule has 1 aliphatic rings. The van der Waals surface area contributed by atoms with Crippen LogP contribution in [0, 0.1) is 0 Å². The van der Waals surface area contributed by atoms with Crippen LogP contribution in [-0.2, 0) is 11.3 Å². The number of rotatable bonds is 13. The molecule has 0 aliphatic carbocycles. The third-order valence-corrected chi connectivity index (χ3v) is 6.38. The Balaban J connectivity index is 1.09. The summed E-state index contributed by atoms with van der Waals surface area (Å²) in [5.41, 5.74) is 1.88. The average molecular weight is 505 g/mol. The van der Waals surface area contributed by atoms with Gasteiger partial charge in [0.1, 0.15) is 0 Å². The molecule has 2 heterocycles. The van der Waals surface area contributed by atoms with Gasteiger partial charge in [-0.2, -0.15) is 0 Å². The lowest BCUT2D eigenvalue weighted by molar-refractivity contribution is 0.0650. The second kappa shape index (κ2) is 12.4. The zero-order chi connectivity index (χ0) is 26.2. The molecule has 0 atom stereocenters. The quantitative estimate of drug-likeness (QED) is 0.284. The highest BCUT2D eigenvalue weighted by Crippen LogP contribution is 2.22. The van der Waals surface area contributed by atoms with E-state index in [9.17, 15) is 19.2 Å². The van der Waals surface area contributed by atoms with Gasteiger partial charge in [0.2, 0.25) is 0 Å². The van der Waals surface area contributed by atoms with Crippen LogP contribution in [0.2, 0.25) is 0 Å². The summed E-state index contributed by atoms with van der Waals surface area (Å²) in [5, 5.41) is 0. The highest BCUT2D eigenvalue weighted by Gasteiger charge is 2.34. The smallest absolute Gasteiger partial charge is 0.332 e. The Hall–Kier alpha value is -3.82. The molecule has 0 unspecified atom stereocenters. The summed E-state index contributed by atoms with van der Waals surface area (Å²) in [4.78, 5) is 53.9. The van der Waals surface area contributed by atoms with Gasteiger partial charge in [0.25, 0.3) is 17.4 Å². The van der Waals surface area contributed by atoms with Gasteiger partial charge in [0, 0.05) is 38.5 Å². The molecular weight excluding hydrogens is 472 g/mol. The summed E-state index contributed by atoms with van der Waals surface area (Å²) in [5.74, 6) is -0.379. The van der Waals surface area contributed by atoms with E-state index in [1.54, 1.807) is 24.3 Å². The molecule has 3 aromatic rings. The van der Waals surface area contributed by atoms with E-state index < -0.39 is 11.2 Å². The van der Waals surface area contributed by atoms with Crippen molar-refractivity contribution in [3.8, 4) is 5.69 Å². The number of ether oxygens (including phenoxy) is 1. The van der Waals surface area contributed by atoms with E-state index in [4.69, 9.17) is 4.74 Å². The maximum Gasteiger partial charge on any atom is 0.332 e. The zero-order valence-corrected chi connectivity index (χ0v) is 21.0. The highest BCUT2D eigenvalue weighted by molar-refractivity contribution is 6.21. The molecule has 2 aromatic carbocycles. The molecule has 0 saturated carbocycles. The molecule has 1 aliphatic heterocycles. The molecule has 0 spiro atoms. The van der Waals surface area contributed by atoms with Crippen LogP contribution in [0.15, 0.2) is 70.4 Å². The first kappa shape index (κ1) is 26.2. The van der Waals surface area contributed by atoms with Crippen molar-refractivity contribution in [2.24, 2.45) is 0 Å². The Bertz CT molecular complexity index is 1330. The molecule has 0 radical (unpaired) electrons. The Morgan fingerprint density at radius 3 is 2.30 bits per heavy atom. The molecule has 2 amide bonds. The third kappa shape index (κ3) is 6.69. The summed E-state index contributed by atoms with van der Waals surface area (Å²) in [6.45, 7) is 3.21. The molecule has 1 N–H and O–H groups in total. The van der Waals surface area contributed by atoms with Crippen LogP contribution in [0.25, 0.3) is 5.69 Å². The van der Waals surface area contributed by atoms with Gasteiger partial charge < -0.3 is 4.74 Å². The number of likely N-dealkylation sites (N-methyl/N-ethyl adjacent to an activating group) is 1. The van der Waals surface area contributed by atoms with Gasteiger partial charge in [-0.3, -0.25) is 33.7 Å². The number of carbonyl (C=O) groups is 2. The topological polar surface area (TPSA) is 105 Å². The summed E-state index contributed by atoms with van der Waals surface area (Å²) >= 11 is 0. The second-order valence-corrected chi connectivity index (χ2v) is 9.22. The van der Waals surface area contributed by atoms with E-state index in [2.05, 4.69) is 9.88 Å². The first-order valence-corrected chi connectivity index (χ1v) is 12.6. The molecule has 194 valence electrons. The fraction of sp³-hybridized carbons (Fsp3) is 0.357. The summed E-state index contributed by atoms with van der Waals surface area (Å²) < 4.78 is 7.19. The van der Waals surface area contributed by atoms with Crippen molar-refractivity contribution in [2.45, 2.75) is 32.2 Å². The van der Waals surface area contributed by atoms with Crippen LogP contribution in [0.1, 0.15) is 52.0 Å². The number of aromatic nitrogens is 2. The minimum absolute atomic E-state index is 0.190. The van der Waals surface area contributed by atoms with E-state index in [0.29, 0.717) is 43.1 Å². The van der Waals surface area contributed by atoms with E-state index in [-0.39, 0.29) is 11.8 Å². The minimum Gasteiger partial charge on any atom is -0.380 e. The number of nitrogens with zero attached hydrogens (tertiary/aromatic N) is 3. The summed E-state index contributed by atoms with van der Waals surface area (Å²) in [7, 11) is 2.02. The first-order valence-electron chi connectivity index (χ1n) is 12.6. The molecule has 0 saturated heterocycles. The number of unbranched alkanes of at least 4 members (excludes halogenated alkanes) is 3. The maximum absolute atomic E-state index is 12.4. The molecule has 9 nitrogen and oxygen atoms in total. The largest absolute Gasteiger partial charge is 0.380 e. The molecule has 1 aromatic heterocycles. The number of H-pyrrole nitrogens is 1. The van der Waals surface area contributed by atoms with E-state index in [0.717, 1.165) is 37.8 Å². The number of hydrogen-bond donors (Lipinski definition) is 1. The fourth-order valence-electron chi connectivity index (χ4n) is 4.41.